The Morgan fingerprint density at radius 3 is 2.54 bits per heavy atom. The molecule has 1 N–H and O–H groups in total. The summed E-state index contributed by atoms with van der Waals surface area (Å²) in [6, 6.07) is 13.3. The molecule has 0 radical (unpaired) electrons. The molecule has 4 nitrogen and oxygen atoms in total. The van der Waals surface area contributed by atoms with Crippen LogP contribution in [0, 0.1) is 6.92 Å². The summed E-state index contributed by atoms with van der Waals surface area (Å²) in [4.78, 5) is 25.7. The van der Waals surface area contributed by atoms with Gasteiger partial charge < -0.3 is 9.88 Å². The SMILES string of the molecule is CCn1cc(C(=O)NC(C)c2ccc(Br)cc2)c(=O)c2cc(C)ccc21. The van der Waals surface area contributed by atoms with Gasteiger partial charge in [0.1, 0.15) is 5.56 Å². The average molecular weight is 413 g/mol. The second-order valence-corrected chi connectivity index (χ2v) is 7.34. The molecule has 1 atom stereocenters. The summed E-state index contributed by atoms with van der Waals surface area (Å²) in [5, 5.41) is 3.52. The van der Waals surface area contributed by atoms with Gasteiger partial charge in [0.15, 0.2) is 0 Å². The van der Waals surface area contributed by atoms with E-state index in [1.165, 1.54) is 0 Å². The van der Waals surface area contributed by atoms with E-state index in [1.807, 2.05) is 67.8 Å². The fourth-order valence-electron chi connectivity index (χ4n) is 3.04. The molecule has 0 aliphatic rings. The third-order valence-corrected chi connectivity index (χ3v) is 5.07. The van der Waals surface area contributed by atoms with Crippen LogP contribution in [0.1, 0.15) is 41.4 Å². The normalized spacial score (nSPS) is 12.2. The zero-order valence-corrected chi connectivity index (χ0v) is 16.6. The lowest BCUT2D eigenvalue weighted by Gasteiger charge is -2.16. The van der Waals surface area contributed by atoms with Crippen LogP contribution >= 0.6 is 15.9 Å². The molecule has 1 amide bonds. The maximum absolute atomic E-state index is 12.9. The average Bonchev–Trinajstić information content (AvgIpc) is 2.62. The highest BCUT2D eigenvalue weighted by Crippen LogP contribution is 2.18. The quantitative estimate of drug-likeness (QED) is 0.681. The highest BCUT2D eigenvalue weighted by atomic mass is 79.9. The zero-order chi connectivity index (χ0) is 18.8. The number of aryl methyl sites for hydroxylation is 2. The monoisotopic (exact) mass is 412 g/mol. The van der Waals surface area contributed by atoms with Crippen molar-refractivity contribution in [3.63, 3.8) is 0 Å². The number of hydrogen-bond acceptors (Lipinski definition) is 2. The first-order chi connectivity index (χ1) is 12.4. The van der Waals surface area contributed by atoms with Crippen LogP contribution in [0.25, 0.3) is 10.9 Å². The van der Waals surface area contributed by atoms with Crippen LogP contribution in [-0.4, -0.2) is 10.5 Å². The molecule has 1 heterocycles. The van der Waals surface area contributed by atoms with Gasteiger partial charge in [-0.05, 0) is 50.6 Å². The van der Waals surface area contributed by atoms with Crippen molar-refractivity contribution in [1.29, 1.82) is 0 Å². The first kappa shape index (κ1) is 18.4. The molecule has 134 valence electrons. The fraction of sp³-hybridized carbons (Fsp3) is 0.238. The Hall–Kier alpha value is -2.40. The predicted molar refractivity (Wildman–Crippen MR) is 109 cm³/mol. The van der Waals surface area contributed by atoms with Gasteiger partial charge in [0.25, 0.3) is 5.91 Å². The molecule has 0 spiro atoms. The number of pyridine rings is 1. The highest BCUT2D eigenvalue weighted by molar-refractivity contribution is 9.10. The third kappa shape index (κ3) is 3.58. The summed E-state index contributed by atoms with van der Waals surface area (Å²) in [6.45, 7) is 6.53. The van der Waals surface area contributed by atoms with E-state index in [1.54, 1.807) is 6.20 Å². The first-order valence-corrected chi connectivity index (χ1v) is 9.40. The van der Waals surface area contributed by atoms with E-state index in [-0.39, 0.29) is 22.9 Å². The van der Waals surface area contributed by atoms with E-state index in [0.29, 0.717) is 11.9 Å². The van der Waals surface area contributed by atoms with Crippen molar-refractivity contribution >= 4 is 32.7 Å². The van der Waals surface area contributed by atoms with Crippen molar-refractivity contribution in [1.82, 2.24) is 9.88 Å². The number of amides is 1. The number of carbonyl (C=O) groups excluding carboxylic acids is 1. The summed E-state index contributed by atoms with van der Waals surface area (Å²) >= 11 is 3.40. The van der Waals surface area contributed by atoms with E-state index in [4.69, 9.17) is 0 Å². The number of rotatable bonds is 4. The van der Waals surface area contributed by atoms with Crippen LogP contribution in [0.3, 0.4) is 0 Å². The Balaban J connectivity index is 1.98. The van der Waals surface area contributed by atoms with Gasteiger partial charge in [0.2, 0.25) is 5.43 Å². The second kappa shape index (κ2) is 7.46. The van der Waals surface area contributed by atoms with Gasteiger partial charge in [-0.3, -0.25) is 9.59 Å². The minimum absolute atomic E-state index is 0.175. The van der Waals surface area contributed by atoms with Crippen molar-refractivity contribution in [2.45, 2.75) is 33.4 Å². The Bertz CT molecular complexity index is 1020. The standard InChI is InChI=1S/C21H21BrN2O2/c1-4-24-12-18(20(25)17-11-13(2)5-10-19(17)24)21(26)23-14(3)15-6-8-16(22)9-7-15/h5-12,14H,4H2,1-3H3,(H,23,26). The number of benzene rings is 2. The van der Waals surface area contributed by atoms with Gasteiger partial charge in [0.05, 0.1) is 11.6 Å². The Morgan fingerprint density at radius 1 is 1.19 bits per heavy atom. The van der Waals surface area contributed by atoms with Gasteiger partial charge in [-0.25, -0.2) is 0 Å². The highest BCUT2D eigenvalue weighted by Gasteiger charge is 2.17. The third-order valence-electron chi connectivity index (χ3n) is 4.54. The summed E-state index contributed by atoms with van der Waals surface area (Å²) in [6.07, 6.45) is 1.66. The molecule has 3 rings (SSSR count). The molecular formula is C21H21BrN2O2. The molecule has 5 heteroatoms. The van der Waals surface area contributed by atoms with Crippen molar-refractivity contribution in [2.24, 2.45) is 0 Å². The molecule has 0 saturated heterocycles. The maximum atomic E-state index is 12.9. The molecular weight excluding hydrogens is 392 g/mol. The molecule has 0 saturated carbocycles. The van der Waals surface area contributed by atoms with Gasteiger partial charge in [-0.15, -0.1) is 0 Å². The lowest BCUT2D eigenvalue weighted by Crippen LogP contribution is -2.31. The zero-order valence-electron chi connectivity index (χ0n) is 15.0. The fourth-order valence-corrected chi connectivity index (χ4v) is 3.31. The van der Waals surface area contributed by atoms with Crippen molar-refractivity contribution < 1.29 is 4.79 Å². The minimum Gasteiger partial charge on any atom is -0.347 e. The van der Waals surface area contributed by atoms with Crippen molar-refractivity contribution in [2.75, 3.05) is 0 Å². The number of carbonyl (C=O) groups is 1. The summed E-state index contributed by atoms with van der Waals surface area (Å²) in [7, 11) is 0. The van der Waals surface area contributed by atoms with E-state index in [9.17, 15) is 9.59 Å². The summed E-state index contributed by atoms with van der Waals surface area (Å²) in [5.41, 5.74) is 2.77. The topological polar surface area (TPSA) is 51.1 Å². The smallest absolute Gasteiger partial charge is 0.257 e. The molecule has 0 bridgehead atoms. The van der Waals surface area contributed by atoms with E-state index >= 15 is 0 Å². The molecule has 26 heavy (non-hydrogen) atoms. The van der Waals surface area contributed by atoms with Crippen LogP contribution in [0.2, 0.25) is 0 Å². The Kier molecular flexibility index (Phi) is 5.28. The van der Waals surface area contributed by atoms with Crippen LogP contribution in [-0.2, 0) is 6.54 Å². The molecule has 0 aliphatic heterocycles. The van der Waals surface area contributed by atoms with Crippen LogP contribution in [0.5, 0.6) is 0 Å². The number of hydrogen-bond donors (Lipinski definition) is 1. The number of nitrogens with zero attached hydrogens (tertiary/aromatic N) is 1. The van der Waals surface area contributed by atoms with E-state index < -0.39 is 0 Å². The molecule has 2 aromatic carbocycles. The lowest BCUT2D eigenvalue weighted by molar-refractivity contribution is 0.0938. The van der Waals surface area contributed by atoms with Crippen LogP contribution < -0.4 is 10.7 Å². The minimum atomic E-state index is -0.351. The number of fused-ring (bicyclic) bond motifs is 1. The molecule has 1 aromatic heterocycles. The molecule has 0 fully saturated rings. The summed E-state index contributed by atoms with van der Waals surface area (Å²) < 4.78 is 2.92. The van der Waals surface area contributed by atoms with Crippen LogP contribution in [0.15, 0.2) is 57.9 Å². The lowest BCUT2D eigenvalue weighted by atomic mass is 10.1. The van der Waals surface area contributed by atoms with Gasteiger partial charge in [0, 0.05) is 22.6 Å². The maximum Gasteiger partial charge on any atom is 0.257 e. The largest absolute Gasteiger partial charge is 0.347 e. The number of aromatic nitrogens is 1. The van der Waals surface area contributed by atoms with Gasteiger partial charge in [-0.2, -0.15) is 0 Å². The molecule has 0 aliphatic carbocycles. The summed E-state index contributed by atoms with van der Waals surface area (Å²) in [5.74, 6) is -0.351. The molecule has 1 unspecified atom stereocenters. The number of nitrogens with one attached hydrogen (secondary N) is 1. The molecule has 3 aromatic rings. The van der Waals surface area contributed by atoms with E-state index in [2.05, 4.69) is 21.2 Å². The van der Waals surface area contributed by atoms with Gasteiger partial charge >= 0.3 is 0 Å². The van der Waals surface area contributed by atoms with Crippen LogP contribution in [0.4, 0.5) is 0 Å². The van der Waals surface area contributed by atoms with Crippen molar-refractivity contribution in [3.8, 4) is 0 Å². The second-order valence-electron chi connectivity index (χ2n) is 6.43. The van der Waals surface area contributed by atoms with Crippen molar-refractivity contribution in [3.05, 3.63) is 80.0 Å². The predicted octanol–water partition coefficient (Wildman–Crippen LogP) is 4.58. The van der Waals surface area contributed by atoms with E-state index in [0.717, 1.165) is 21.1 Å². The Labute approximate surface area is 161 Å². The first-order valence-electron chi connectivity index (χ1n) is 8.61. The van der Waals surface area contributed by atoms with Gasteiger partial charge in [-0.1, -0.05) is 39.7 Å². The Morgan fingerprint density at radius 2 is 1.88 bits per heavy atom. The number of halogens is 1.